The van der Waals surface area contributed by atoms with Crippen molar-refractivity contribution in [3.05, 3.63) is 35.7 Å². The van der Waals surface area contributed by atoms with Gasteiger partial charge >= 0.3 is 6.61 Å². The first-order valence-electron chi connectivity index (χ1n) is 8.96. The Morgan fingerprint density at radius 1 is 1.25 bits per heavy atom. The zero-order chi connectivity index (χ0) is 19.1. The number of hydrogen-bond donors (Lipinski definition) is 1. The van der Waals surface area contributed by atoms with E-state index in [2.05, 4.69) is 15.0 Å². The molecule has 1 amide bonds. The molecule has 1 aromatic carbocycles. The van der Waals surface area contributed by atoms with Crippen molar-refractivity contribution in [3.8, 4) is 11.4 Å². The number of amides is 1. The molecule has 3 unspecified atom stereocenters. The molecule has 10 heteroatoms. The summed E-state index contributed by atoms with van der Waals surface area (Å²) in [4.78, 5) is 14.7. The van der Waals surface area contributed by atoms with Crippen molar-refractivity contribution in [1.29, 1.82) is 0 Å². The first-order chi connectivity index (χ1) is 12.9. The van der Waals surface area contributed by atoms with Gasteiger partial charge in [0.25, 0.3) is 5.91 Å². The lowest BCUT2D eigenvalue weighted by atomic mass is 9.98. The number of nitrogens with two attached hydrogens (primary N) is 1. The molecule has 0 spiro atoms. The van der Waals surface area contributed by atoms with E-state index in [0.29, 0.717) is 42.0 Å². The van der Waals surface area contributed by atoms with Crippen molar-refractivity contribution < 1.29 is 18.3 Å². The minimum Gasteiger partial charge on any atom is -0.435 e. The predicted octanol–water partition coefficient (Wildman–Crippen LogP) is 2.41. The van der Waals surface area contributed by atoms with Crippen molar-refractivity contribution in [3.63, 3.8) is 0 Å². The van der Waals surface area contributed by atoms with Crippen LogP contribution in [0.3, 0.4) is 0 Å². The van der Waals surface area contributed by atoms with Crippen LogP contribution in [0.1, 0.15) is 29.0 Å². The largest absolute Gasteiger partial charge is 0.435 e. The molecule has 1 saturated carbocycles. The second kappa shape index (κ2) is 8.00. The van der Waals surface area contributed by atoms with Gasteiger partial charge in [0.1, 0.15) is 5.75 Å². The van der Waals surface area contributed by atoms with Crippen LogP contribution in [0.5, 0.6) is 5.75 Å². The fourth-order valence-electron chi connectivity index (χ4n) is 4.16. The fourth-order valence-corrected chi connectivity index (χ4v) is 4.16. The van der Waals surface area contributed by atoms with Crippen LogP contribution in [-0.2, 0) is 0 Å². The highest BCUT2D eigenvalue weighted by Crippen LogP contribution is 2.37. The first kappa shape index (κ1) is 20.5. The number of halogens is 3. The summed E-state index contributed by atoms with van der Waals surface area (Å²) in [6.07, 6.45) is 2.09. The van der Waals surface area contributed by atoms with Crippen molar-refractivity contribution >= 4 is 18.3 Å². The highest BCUT2D eigenvalue weighted by atomic mass is 35.5. The lowest BCUT2D eigenvalue weighted by Crippen LogP contribution is -2.34. The summed E-state index contributed by atoms with van der Waals surface area (Å²) in [7, 11) is 0. The molecule has 4 rings (SSSR count). The molecule has 152 valence electrons. The molecule has 1 aliphatic carbocycles. The summed E-state index contributed by atoms with van der Waals surface area (Å²) in [6.45, 7) is 0.264. The van der Waals surface area contributed by atoms with E-state index in [9.17, 15) is 13.6 Å². The normalized spacial score (nSPS) is 23.6. The third-order valence-corrected chi connectivity index (χ3v) is 5.60. The third-order valence-electron chi connectivity index (χ3n) is 5.60. The van der Waals surface area contributed by atoms with Crippen molar-refractivity contribution in [2.24, 2.45) is 17.6 Å². The number of fused-ring (bicyclic) bond motifs is 1. The molecule has 28 heavy (non-hydrogen) atoms. The Bertz CT molecular complexity index is 845. The Kier molecular flexibility index (Phi) is 5.85. The Morgan fingerprint density at radius 2 is 1.96 bits per heavy atom. The molecule has 2 aliphatic rings. The van der Waals surface area contributed by atoms with Gasteiger partial charge < -0.3 is 15.4 Å². The molecule has 2 fully saturated rings. The van der Waals surface area contributed by atoms with Crippen LogP contribution in [0.15, 0.2) is 24.3 Å². The molecule has 1 aromatic heterocycles. The number of ether oxygens (including phenoxy) is 1. The van der Waals surface area contributed by atoms with Crippen LogP contribution in [0.2, 0.25) is 0 Å². The van der Waals surface area contributed by atoms with Gasteiger partial charge in [-0.15, -0.1) is 17.5 Å². The molecular formula is C18H22ClF2N5O2. The summed E-state index contributed by atoms with van der Waals surface area (Å²) in [6, 6.07) is 6.19. The number of rotatable bonds is 4. The molecule has 2 aromatic rings. The molecule has 7 nitrogen and oxygen atoms in total. The summed E-state index contributed by atoms with van der Waals surface area (Å²) >= 11 is 0. The summed E-state index contributed by atoms with van der Waals surface area (Å²) in [5.74, 6) is 0.758. The maximum Gasteiger partial charge on any atom is 0.387 e. The molecule has 0 radical (unpaired) electrons. The van der Waals surface area contributed by atoms with E-state index in [4.69, 9.17) is 5.73 Å². The van der Waals surface area contributed by atoms with Crippen LogP contribution >= 0.6 is 12.4 Å². The number of carbonyl (C=O) groups is 1. The number of alkyl halides is 2. The van der Waals surface area contributed by atoms with Gasteiger partial charge in [-0.2, -0.15) is 8.78 Å². The Balaban J connectivity index is 0.00000225. The van der Waals surface area contributed by atoms with Crippen molar-refractivity contribution in [2.45, 2.75) is 32.4 Å². The van der Waals surface area contributed by atoms with E-state index < -0.39 is 6.61 Å². The quantitative estimate of drug-likeness (QED) is 0.831. The van der Waals surface area contributed by atoms with Crippen LogP contribution in [0, 0.1) is 18.8 Å². The maximum absolute atomic E-state index is 12.9. The highest BCUT2D eigenvalue weighted by molar-refractivity contribution is 5.93. The fraction of sp³-hybridized carbons (Fsp3) is 0.500. The predicted molar refractivity (Wildman–Crippen MR) is 100 cm³/mol. The average molecular weight is 414 g/mol. The molecular weight excluding hydrogens is 392 g/mol. The smallest absolute Gasteiger partial charge is 0.387 e. The molecule has 1 aliphatic heterocycles. The topological polar surface area (TPSA) is 86.3 Å². The second-order valence-corrected chi connectivity index (χ2v) is 7.18. The Labute approximate surface area is 167 Å². The zero-order valence-corrected chi connectivity index (χ0v) is 16.1. The van der Waals surface area contributed by atoms with Gasteiger partial charge in [-0.25, -0.2) is 4.68 Å². The summed E-state index contributed by atoms with van der Waals surface area (Å²) in [5.41, 5.74) is 7.66. The minimum atomic E-state index is -2.87. The van der Waals surface area contributed by atoms with Crippen molar-refractivity contribution in [2.75, 3.05) is 13.1 Å². The van der Waals surface area contributed by atoms with Crippen LogP contribution < -0.4 is 10.5 Å². The number of benzene rings is 1. The second-order valence-electron chi connectivity index (χ2n) is 7.18. The number of hydrogen-bond acceptors (Lipinski definition) is 5. The lowest BCUT2D eigenvalue weighted by molar-refractivity contribution is -0.0498. The number of nitrogens with zero attached hydrogens (tertiary/aromatic N) is 4. The maximum atomic E-state index is 12.9. The number of carbonyl (C=O) groups excluding carboxylic acids is 1. The molecule has 2 heterocycles. The van der Waals surface area contributed by atoms with E-state index in [1.54, 1.807) is 19.1 Å². The average Bonchev–Trinajstić information content (AvgIpc) is 3.31. The van der Waals surface area contributed by atoms with Crippen LogP contribution in [0.4, 0.5) is 8.78 Å². The van der Waals surface area contributed by atoms with Gasteiger partial charge in [-0.1, -0.05) is 5.21 Å². The molecule has 3 atom stereocenters. The Morgan fingerprint density at radius 3 is 2.61 bits per heavy atom. The van der Waals surface area contributed by atoms with Gasteiger partial charge in [0, 0.05) is 19.1 Å². The van der Waals surface area contributed by atoms with Gasteiger partial charge in [0.05, 0.1) is 11.4 Å². The lowest BCUT2D eigenvalue weighted by Gasteiger charge is -2.17. The van der Waals surface area contributed by atoms with Gasteiger partial charge in [-0.3, -0.25) is 4.79 Å². The van der Waals surface area contributed by atoms with Gasteiger partial charge in [-0.05, 0) is 55.9 Å². The van der Waals surface area contributed by atoms with E-state index in [-0.39, 0.29) is 30.1 Å². The SMILES string of the molecule is Cc1c(C(=O)N2CC3CCC(N)C3C2)nnn1-c1ccc(OC(F)F)cc1.Cl. The van der Waals surface area contributed by atoms with E-state index in [1.165, 1.54) is 16.8 Å². The number of likely N-dealkylation sites (tertiary alicyclic amines) is 1. The summed E-state index contributed by atoms with van der Waals surface area (Å²) in [5, 5.41) is 8.12. The summed E-state index contributed by atoms with van der Waals surface area (Å²) < 4.78 is 30.4. The van der Waals surface area contributed by atoms with Crippen LogP contribution in [-0.4, -0.2) is 51.5 Å². The molecule has 1 saturated heterocycles. The zero-order valence-electron chi connectivity index (χ0n) is 15.3. The van der Waals surface area contributed by atoms with Crippen LogP contribution in [0.25, 0.3) is 5.69 Å². The number of aromatic nitrogens is 3. The third kappa shape index (κ3) is 3.68. The molecule has 0 bridgehead atoms. The monoisotopic (exact) mass is 413 g/mol. The standard InChI is InChI=1S/C18H21F2N5O2.ClH/c1-10-16(17(26)24-8-11-2-7-15(21)14(11)9-24)22-23-25(10)12-3-5-13(6-4-12)27-18(19)20;/h3-6,11,14-15,18H,2,7-9,21H2,1H3;1H. The highest BCUT2D eigenvalue weighted by Gasteiger charge is 2.43. The van der Waals surface area contributed by atoms with Gasteiger partial charge in [0.2, 0.25) is 0 Å². The minimum absolute atomic E-state index is 0. The van der Waals surface area contributed by atoms with E-state index >= 15 is 0 Å². The van der Waals surface area contributed by atoms with Crippen molar-refractivity contribution in [1.82, 2.24) is 19.9 Å². The van der Waals surface area contributed by atoms with E-state index in [0.717, 1.165) is 12.8 Å². The van der Waals surface area contributed by atoms with Gasteiger partial charge in [0.15, 0.2) is 5.69 Å². The molecule has 2 N–H and O–H groups in total. The Hall–Kier alpha value is -2.26. The van der Waals surface area contributed by atoms with E-state index in [1.807, 2.05) is 4.90 Å². The first-order valence-corrected chi connectivity index (χ1v) is 8.96.